The van der Waals surface area contributed by atoms with Crippen LogP contribution < -0.4 is 5.32 Å². The average Bonchev–Trinajstić information content (AvgIpc) is 3.33. The van der Waals surface area contributed by atoms with E-state index in [0.29, 0.717) is 25.1 Å². The van der Waals surface area contributed by atoms with Crippen LogP contribution in [0.1, 0.15) is 18.4 Å². The number of para-hydroxylation sites is 1. The normalized spacial score (nSPS) is 16.6. The Morgan fingerprint density at radius 2 is 1.97 bits per heavy atom. The summed E-state index contributed by atoms with van der Waals surface area (Å²) in [5, 5.41) is 4.97. The maximum Gasteiger partial charge on any atom is 0.247 e. The van der Waals surface area contributed by atoms with Gasteiger partial charge in [-0.2, -0.15) is 0 Å². The van der Waals surface area contributed by atoms with E-state index in [9.17, 15) is 9.59 Å². The molecule has 0 bridgehead atoms. The third-order valence-corrected chi connectivity index (χ3v) is 5.55. The minimum Gasteiger partial charge on any atom is -0.361 e. The molecule has 1 fully saturated rings. The number of amides is 2. The van der Waals surface area contributed by atoms with E-state index in [-0.39, 0.29) is 11.8 Å². The van der Waals surface area contributed by atoms with Crippen LogP contribution in [-0.4, -0.2) is 32.7 Å². The van der Waals surface area contributed by atoms with Crippen LogP contribution in [0.2, 0.25) is 0 Å². The highest BCUT2D eigenvalue weighted by Gasteiger charge is 2.36. The fraction of sp³-hybridized carbons (Fsp3) is 0.174. The first-order chi connectivity index (χ1) is 14.2. The van der Waals surface area contributed by atoms with E-state index in [0.717, 1.165) is 27.4 Å². The number of aromatic amines is 1. The molecule has 0 radical (unpaired) electrons. The fourth-order valence-electron chi connectivity index (χ4n) is 4.08. The molecule has 0 saturated carbocycles. The maximum absolute atomic E-state index is 13.1. The van der Waals surface area contributed by atoms with Crippen LogP contribution in [0.5, 0.6) is 0 Å². The lowest BCUT2D eigenvalue weighted by Crippen LogP contribution is -2.41. The topological polar surface area (TPSA) is 78.1 Å². The molecule has 0 aliphatic carbocycles. The molecule has 2 aromatic heterocycles. The van der Waals surface area contributed by atoms with E-state index >= 15 is 0 Å². The molecule has 6 heteroatoms. The van der Waals surface area contributed by atoms with Crippen molar-refractivity contribution in [1.82, 2.24) is 14.9 Å². The van der Waals surface area contributed by atoms with Gasteiger partial charge >= 0.3 is 0 Å². The first kappa shape index (κ1) is 17.4. The Morgan fingerprint density at radius 3 is 2.90 bits per heavy atom. The van der Waals surface area contributed by atoms with Gasteiger partial charge in [-0.05, 0) is 42.3 Å². The number of hydrogen-bond acceptors (Lipinski definition) is 3. The van der Waals surface area contributed by atoms with Crippen LogP contribution in [0.3, 0.4) is 0 Å². The lowest BCUT2D eigenvalue weighted by Gasteiger charge is -2.24. The van der Waals surface area contributed by atoms with Crippen molar-refractivity contribution in [2.75, 3.05) is 5.32 Å². The van der Waals surface area contributed by atoms with E-state index in [2.05, 4.69) is 15.3 Å². The maximum atomic E-state index is 13.1. The molecule has 29 heavy (non-hydrogen) atoms. The van der Waals surface area contributed by atoms with Gasteiger partial charge in [0.1, 0.15) is 6.04 Å². The number of hydrogen-bond donors (Lipinski definition) is 2. The predicted octanol–water partition coefficient (Wildman–Crippen LogP) is 3.85. The van der Waals surface area contributed by atoms with Gasteiger partial charge in [-0.3, -0.25) is 14.6 Å². The summed E-state index contributed by atoms with van der Waals surface area (Å²) >= 11 is 0. The monoisotopic (exact) mass is 384 g/mol. The summed E-state index contributed by atoms with van der Waals surface area (Å²) in [6.45, 7) is 0.415. The van der Waals surface area contributed by atoms with Gasteiger partial charge in [0, 0.05) is 41.6 Å². The summed E-state index contributed by atoms with van der Waals surface area (Å²) in [7, 11) is 0. The van der Waals surface area contributed by atoms with Gasteiger partial charge in [0.05, 0.1) is 11.2 Å². The number of H-pyrrole nitrogens is 1. The summed E-state index contributed by atoms with van der Waals surface area (Å²) < 4.78 is 0. The van der Waals surface area contributed by atoms with Gasteiger partial charge in [-0.15, -0.1) is 0 Å². The van der Waals surface area contributed by atoms with Crippen molar-refractivity contribution in [2.45, 2.75) is 25.4 Å². The van der Waals surface area contributed by atoms with Crippen LogP contribution in [0.15, 0.2) is 67.0 Å². The smallest absolute Gasteiger partial charge is 0.247 e. The minimum atomic E-state index is -0.483. The molecule has 6 nitrogen and oxygen atoms in total. The van der Waals surface area contributed by atoms with Crippen LogP contribution in [0.4, 0.5) is 5.69 Å². The number of nitrogens with one attached hydrogen (secondary N) is 2. The van der Waals surface area contributed by atoms with Gasteiger partial charge in [-0.1, -0.05) is 24.3 Å². The number of benzene rings is 2. The average molecular weight is 384 g/mol. The Labute approximate surface area is 167 Å². The Bertz CT molecular complexity index is 1220. The van der Waals surface area contributed by atoms with Crippen molar-refractivity contribution in [3.63, 3.8) is 0 Å². The molecule has 1 saturated heterocycles. The first-order valence-corrected chi connectivity index (χ1v) is 9.70. The number of anilines is 1. The van der Waals surface area contributed by atoms with E-state index in [1.807, 2.05) is 60.8 Å². The van der Waals surface area contributed by atoms with Gasteiger partial charge in [0.15, 0.2) is 0 Å². The molecule has 3 heterocycles. The van der Waals surface area contributed by atoms with Crippen molar-refractivity contribution in [1.29, 1.82) is 0 Å². The van der Waals surface area contributed by atoms with Gasteiger partial charge in [-0.25, -0.2) is 0 Å². The highest BCUT2D eigenvalue weighted by molar-refractivity contribution is 6.04. The Kier molecular flexibility index (Phi) is 4.24. The molecule has 2 amide bonds. The number of rotatable bonds is 4. The number of pyridine rings is 1. The van der Waals surface area contributed by atoms with E-state index in [1.54, 1.807) is 11.1 Å². The highest BCUT2D eigenvalue weighted by Crippen LogP contribution is 2.27. The summed E-state index contributed by atoms with van der Waals surface area (Å²) in [5.74, 6) is -0.151. The molecule has 4 aromatic rings. The van der Waals surface area contributed by atoms with Gasteiger partial charge in [0.2, 0.25) is 11.8 Å². The molecule has 2 aromatic carbocycles. The SMILES string of the molecule is O=C(Nc1cccc2ncccc12)C1CCC(=O)N1Cc1c[nH]c2ccccc12. The molecule has 1 aliphatic rings. The second kappa shape index (κ2) is 7.05. The Morgan fingerprint density at radius 1 is 1.10 bits per heavy atom. The van der Waals surface area contributed by atoms with Crippen LogP contribution in [-0.2, 0) is 16.1 Å². The number of likely N-dealkylation sites (tertiary alicyclic amines) is 1. The van der Waals surface area contributed by atoms with Gasteiger partial charge in [0.25, 0.3) is 0 Å². The van der Waals surface area contributed by atoms with Crippen molar-refractivity contribution in [3.8, 4) is 0 Å². The fourth-order valence-corrected chi connectivity index (χ4v) is 4.08. The molecule has 5 rings (SSSR count). The first-order valence-electron chi connectivity index (χ1n) is 9.70. The number of aromatic nitrogens is 2. The van der Waals surface area contributed by atoms with E-state index < -0.39 is 6.04 Å². The third kappa shape index (κ3) is 3.12. The molecule has 1 aliphatic heterocycles. The zero-order valence-electron chi connectivity index (χ0n) is 15.8. The summed E-state index contributed by atoms with van der Waals surface area (Å²) in [5.41, 5.74) is 3.58. The molecule has 1 unspecified atom stereocenters. The lowest BCUT2D eigenvalue weighted by atomic mass is 10.1. The number of fused-ring (bicyclic) bond motifs is 2. The second-order valence-electron chi connectivity index (χ2n) is 7.30. The Hall–Kier alpha value is -3.67. The van der Waals surface area contributed by atoms with Gasteiger partial charge < -0.3 is 15.2 Å². The van der Waals surface area contributed by atoms with Crippen molar-refractivity contribution >= 4 is 39.3 Å². The molecule has 2 N–H and O–H groups in total. The summed E-state index contributed by atoms with van der Waals surface area (Å²) in [6, 6.07) is 16.9. The number of nitrogens with zero attached hydrogens (tertiary/aromatic N) is 2. The largest absolute Gasteiger partial charge is 0.361 e. The van der Waals surface area contributed by atoms with Crippen LogP contribution >= 0.6 is 0 Å². The van der Waals surface area contributed by atoms with Crippen molar-refractivity contribution in [2.24, 2.45) is 0 Å². The lowest BCUT2D eigenvalue weighted by molar-refractivity contribution is -0.133. The quantitative estimate of drug-likeness (QED) is 0.561. The zero-order valence-corrected chi connectivity index (χ0v) is 15.8. The zero-order chi connectivity index (χ0) is 19.8. The number of carbonyl (C=O) groups is 2. The minimum absolute atomic E-state index is 0.00928. The summed E-state index contributed by atoms with van der Waals surface area (Å²) in [4.78, 5) is 34.9. The molecule has 144 valence electrons. The van der Waals surface area contributed by atoms with Crippen LogP contribution in [0.25, 0.3) is 21.8 Å². The second-order valence-corrected chi connectivity index (χ2v) is 7.30. The van der Waals surface area contributed by atoms with Crippen molar-refractivity contribution in [3.05, 3.63) is 72.6 Å². The van der Waals surface area contributed by atoms with Crippen molar-refractivity contribution < 1.29 is 9.59 Å². The molecule has 0 spiro atoms. The Balaban J connectivity index is 1.40. The van der Waals surface area contributed by atoms with E-state index in [1.165, 1.54) is 0 Å². The highest BCUT2D eigenvalue weighted by atomic mass is 16.2. The number of carbonyl (C=O) groups excluding carboxylic acids is 2. The molecular weight excluding hydrogens is 364 g/mol. The molecular formula is C23H20N4O2. The molecule has 1 atom stereocenters. The van der Waals surface area contributed by atoms with E-state index in [4.69, 9.17) is 0 Å². The third-order valence-electron chi connectivity index (χ3n) is 5.55. The van der Waals surface area contributed by atoms with Crippen LogP contribution in [0, 0.1) is 0 Å². The summed E-state index contributed by atoms with van der Waals surface area (Å²) in [6.07, 6.45) is 4.56. The standard InChI is InChI=1S/C23H20N4O2/c28-22-11-10-21(27(22)14-15-13-25-18-7-2-1-5-16(15)18)23(29)26-20-9-3-8-19-17(20)6-4-12-24-19/h1-9,12-13,21,25H,10-11,14H2,(H,26,29). The predicted molar refractivity (Wildman–Crippen MR) is 112 cm³/mol.